The van der Waals surface area contributed by atoms with Crippen LogP contribution in [0.25, 0.3) is 11.1 Å². The molecule has 120 valence electrons. The number of hydrogen-bond acceptors (Lipinski definition) is 3. The van der Waals surface area contributed by atoms with E-state index in [2.05, 4.69) is 5.32 Å². The van der Waals surface area contributed by atoms with E-state index in [1.807, 2.05) is 6.92 Å². The molecule has 0 bridgehead atoms. The van der Waals surface area contributed by atoms with Crippen LogP contribution in [-0.2, 0) is 6.18 Å². The molecule has 0 radical (unpaired) electrons. The second-order valence-corrected chi connectivity index (χ2v) is 5.07. The van der Waals surface area contributed by atoms with Gasteiger partial charge in [0, 0.05) is 6.54 Å². The highest BCUT2D eigenvalue weighted by atomic mass is 19.4. The van der Waals surface area contributed by atoms with Gasteiger partial charge in [0.15, 0.2) is 5.75 Å². The summed E-state index contributed by atoms with van der Waals surface area (Å²) in [4.78, 5) is 0. The molecule has 2 rings (SSSR count). The molecule has 2 N–H and O–H groups in total. The Kier molecular flexibility index (Phi) is 4.68. The fraction of sp³-hybridized carbons (Fsp3) is 0.375. The minimum atomic E-state index is -4.43. The highest BCUT2D eigenvalue weighted by molar-refractivity contribution is 5.81. The van der Waals surface area contributed by atoms with E-state index < -0.39 is 11.7 Å². The molecule has 0 aliphatic rings. The normalized spacial score (nSPS) is 11.7. The molecule has 0 atom stereocenters. The first-order valence-electron chi connectivity index (χ1n) is 7.08. The number of aromatic hydroxyl groups is 1. The molecule has 0 unspecified atom stereocenters. The lowest BCUT2D eigenvalue weighted by atomic mass is 10.0. The summed E-state index contributed by atoms with van der Waals surface area (Å²) in [5, 5.41) is 13.1. The molecule has 6 heteroatoms. The number of alkyl halides is 3. The van der Waals surface area contributed by atoms with Gasteiger partial charge in [-0.1, -0.05) is 25.5 Å². The van der Waals surface area contributed by atoms with Crippen molar-refractivity contribution in [3.63, 3.8) is 0 Å². The predicted molar refractivity (Wildman–Crippen MR) is 78.9 cm³/mol. The maximum atomic E-state index is 12.8. The lowest BCUT2D eigenvalue weighted by Gasteiger charge is -2.10. The van der Waals surface area contributed by atoms with Crippen molar-refractivity contribution in [3.05, 3.63) is 35.6 Å². The Hall–Kier alpha value is -2.11. The summed E-state index contributed by atoms with van der Waals surface area (Å²) in [6, 6.07) is 4.84. The van der Waals surface area contributed by atoms with Crippen LogP contribution in [0.4, 0.5) is 19.1 Å². The fourth-order valence-electron chi connectivity index (χ4n) is 2.16. The molecule has 1 heterocycles. The molecule has 1 aromatic carbocycles. The molecule has 0 aliphatic heterocycles. The zero-order valence-corrected chi connectivity index (χ0v) is 12.4. The molecular weight excluding hydrogens is 295 g/mol. The molecule has 0 amide bonds. The number of hydrogen-bond donors (Lipinski definition) is 2. The second kappa shape index (κ2) is 6.34. The lowest BCUT2D eigenvalue weighted by molar-refractivity contribution is -0.137. The van der Waals surface area contributed by atoms with Crippen LogP contribution in [0.5, 0.6) is 5.75 Å². The van der Waals surface area contributed by atoms with Crippen molar-refractivity contribution in [2.24, 2.45) is 0 Å². The van der Waals surface area contributed by atoms with Crippen LogP contribution in [0.2, 0.25) is 0 Å². The summed E-state index contributed by atoms with van der Waals surface area (Å²) < 4.78 is 43.9. The average Bonchev–Trinajstić information content (AvgIpc) is 2.74. The van der Waals surface area contributed by atoms with Crippen LogP contribution < -0.4 is 5.32 Å². The van der Waals surface area contributed by atoms with Crippen LogP contribution in [-0.4, -0.2) is 11.7 Å². The van der Waals surface area contributed by atoms with Gasteiger partial charge in [-0.2, -0.15) is 13.2 Å². The SMILES string of the molecule is CCCCNc1oc(C)c(O)c1-c1cccc(C(F)(F)F)c1. The Morgan fingerprint density at radius 2 is 2.00 bits per heavy atom. The Morgan fingerprint density at radius 3 is 2.64 bits per heavy atom. The number of nitrogens with one attached hydrogen (secondary N) is 1. The van der Waals surface area contributed by atoms with E-state index in [0.717, 1.165) is 25.0 Å². The molecule has 22 heavy (non-hydrogen) atoms. The fourth-order valence-corrected chi connectivity index (χ4v) is 2.16. The number of furan rings is 1. The maximum absolute atomic E-state index is 12.8. The molecule has 0 aliphatic carbocycles. The molecule has 0 fully saturated rings. The summed E-state index contributed by atoms with van der Waals surface area (Å²) >= 11 is 0. The van der Waals surface area contributed by atoms with Crippen molar-refractivity contribution in [1.29, 1.82) is 0 Å². The van der Waals surface area contributed by atoms with Gasteiger partial charge in [0.25, 0.3) is 0 Å². The Balaban J connectivity index is 2.43. The monoisotopic (exact) mass is 313 g/mol. The van der Waals surface area contributed by atoms with Crippen molar-refractivity contribution in [2.45, 2.75) is 32.9 Å². The molecule has 0 spiro atoms. The Bertz CT molecular complexity index is 647. The first-order chi connectivity index (χ1) is 10.3. The molecular formula is C16H18F3NO2. The third-order valence-electron chi connectivity index (χ3n) is 3.35. The van der Waals surface area contributed by atoms with Crippen LogP contribution in [0, 0.1) is 6.92 Å². The molecule has 1 aromatic heterocycles. The molecule has 3 nitrogen and oxygen atoms in total. The average molecular weight is 313 g/mol. The molecule has 0 saturated heterocycles. The van der Waals surface area contributed by atoms with Crippen LogP contribution in [0.15, 0.2) is 28.7 Å². The first kappa shape index (κ1) is 16.3. The minimum Gasteiger partial charge on any atom is -0.504 e. The van der Waals surface area contributed by atoms with Gasteiger partial charge in [0.1, 0.15) is 5.76 Å². The Morgan fingerprint density at radius 1 is 1.27 bits per heavy atom. The van der Waals surface area contributed by atoms with Gasteiger partial charge in [-0.25, -0.2) is 0 Å². The van der Waals surface area contributed by atoms with Gasteiger partial charge < -0.3 is 14.8 Å². The maximum Gasteiger partial charge on any atom is 0.416 e. The van der Waals surface area contributed by atoms with E-state index >= 15 is 0 Å². The molecule has 0 saturated carbocycles. The minimum absolute atomic E-state index is 0.140. The van der Waals surface area contributed by atoms with Gasteiger partial charge in [0.05, 0.1) is 11.1 Å². The first-order valence-corrected chi connectivity index (χ1v) is 7.08. The number of unbranched alkanes of at least 4 members (excludes halogenated alkanes) is 1. The highest BCUT2D eigenvalue weighted by Gasteiger charge is 2.31. The quantitative estimate of drug-likeness (QED) is 0.747. The summed E-state index contributed by atoms with van der Waals surface area (Å²) in [5.74, 6) is 0.424. The van der Waals surface area contributed by atoms with Gasteiger partial charge in [0.2, 0.25) is 5.88 Å². The van der Waals surface area contributed by atoms with Gasteiger partial charge in [-0.15, -0.1) is 0 Å². The van der Waals surface area contributed by atoms with E-state index in [1.54, 1.807) is 6.92 Å². The highest BCUT2D eigenvalue weighted by Crippen LogP contribution is 2.42. The van der Waals surface area contributed by atoms with Crippen molar-refractivity contribution in [3.8, 4) is 16.9 Å². The third kappa shape index (κ3) is 3.37. The Labute approximate surface area is 126 Å². The summed E-state index contributed by atoms with van der Waals surface area (Å²) in [6.45, 7) is 4.21. The summed E-state index contributed by atoms with van der Waals surface area (Å²) in [5.41, 5.74) is -0.231. The van der Waals surface area contributed by atoms with Crippen molar-refractivity contribution in [2.75, 3.05) is 11.9 Å². The topological polar surface area (TPSA) is 45.4 Å². The van der Waals surface area contributed by atoms with E-state index in [0.29, 0.717) is 12.4 Å². The van der Waals surface area contributed by atoms with E-state index in [1.165, 1.54) is 12.1 Å². The zero-order valence-electron chi connectivity index (χ0n) is 12.4. The van der Waals surface area contributed by atoms with Gasteiger partial charge >= 0.3 is 6.18 Å². The number of rotatable bonds is 5. The van der Waals surface area contributed by atoms with Crippen molar-refractivity contribution >= 4 is 5.88 Å². The van der Waals surface area contributed by atoms with Crippen LogP contribution in [0.1, 0.15) is 31.1 Å². The van der Waals surface area contributed by atoms with Crippen LogP contribution >= 0.6 is 0 Å². The van der Waals surface area contributed by atoms with E-state index in [-0.39, 0.29) is 22.6 Å². The molecule has 2 aromatic rings. The third-order valence-corrected chi connectivity index (χ3v) is 3.35. The van der Waals surface area contributed by atoms with Crippen molar-refractivity contribution in [1.82, 2.24) is 0 Å². The number of halogens is 3. The van der Waals surface area contributed by atoms with Crippen LogP contribution in [0.3, 0.4) is 0 Å². The van der Waals surface area contributed by atoms with Gasteiger partial charge in [-0.05, 0) is 31.0 Å². The summed E-state index contributed by atoms with van der Waals surface area (Å²) in [6.07, 6.45) is -2.57. The zero-order chi connectivity index (χ0) is 16.3. The smallest absolute Gasteiger partial charge is 0.416 e. The van der Waals surface area contributed by atoms with E-state index in [4.69, 9.17) is 4.42 Å². The van der Waals surface area contributed by atoms with Gasteiger partial charge in [-0.3, -0.25) is 0 Å². The number of benzene rings is 1. The number of anilines is 1. The summed E-state index contributed by atoms with van der Waals surface area (Å²) in [7, 11) is 0. The predicted octanol–water partition coefficient (Wildman–Crippen LogP) is 5.19. The standard InChI is InChI=1S/C16H18F3NO2/c1-3-4-8-20-15-13(14(21)10(2)22-15)11-6-5-7-12(9-11)16(17,18)19/h5-7,9,20-21H,3-4,8H2,1-2H3. The second-order valence-electron chi connectivity index (χ2n) is 5.07. The van der Waals surface area contributed by atoms with Crippen molar-refractivity contribution < 1.29 is 22.7 Å². The lowest BCUT2D eigenvalue weighted by Crippen LogP contribution is -2.05. The van der Waals surface area contributed by atoms with E-state index in [9.17, 15) is 18.3 Å². The largest absolute Gasteiger partial charge is 0.504 e. The number of aryl methyl sites for hydroxylation is 1.